The van der Waals surface area contributed by atoms with Crippen molar-refractivity contribution in [3.63, 3.8) is 0 Å². The fraction of sp³-hybridized carbons (Fsp3) is 0.345. The summed E-state index contributed by atoms with van der Waals surface area (Å²) >= 11 is -0.377. The zero-order valence-corrected chi connectivity index (χ0v) is 25.7. The molecule has 0 spiro atoms. The number of Topliss-reactive ketones (excluding diaryl/α,β-unsaturated/α-hetero) is 1. The Balaban J connectivity index is 1.29. The molecule has 0 bridgehead atoms. The molecule has 2 amide bonds. The number of hydrogen-bond acceptors (Lipinski definition) is 7. The number of hydrogen-bond donors (Lipinski definition) is 1. The van der Waals surface area contributed by atoms with Crippen LogP contribution in [-0.4, -0.2) is 60.5 Å². The third-order valence-electron chi connectivity index (χ3n) is 7.70. The molecule has 5 heterocycles. The summed E-state index contributed by atoms with van der Waals surface area (Å²) in [7, 11) is 0. The predicted octanol–water partition coefficient (Wildman–Crippen LogP) is 1.15. The van der Waals surface area contributed by atoms with Crippen LogP contribution in [0.1, 0.15) is 47.7 Å². The number of nitrogens with zero attached hydrogens (tertiary/aromatic N) is 6. The maximum atomic E-state index is 13.9. The first-order valence-electron chi connectivity index (χ1n) is 13.3. The van der Waals surface area contributed by atoms with Crippen molar-refractivity contribution in [1.82, 2.24) is 29.4 Å². The van der Waals surface area contributed by atoms with Gasteiger partial charge >= 0.3 is 242 Å². The van der Waals surface area contributed by atoms with Crippen molar-refractivity contribution in [3.05, 3.63) is 65.8 Å². The van der Waals surface area contributed by atoms with Crippen molar-refractivity contribution >= 4 is 34.3 Å². The van der Waals surface area contributed by atoms with Crippen molar-refractivity contribution in [2.24, 2.45) is 0 Å². The minimum absolute atomic E-state index is 0.0644. The molecular formula is C29H26F3IN7O3-. The predicted molar refractivity (Wildman–Crippen MR) is 146 cm³/mol. The second kappa shape index (κ2) is 10.3. The average molecular weight is 704 g/mol. The summed E-state index contributed by atoms with van der Waals surface area (Å²) in [5.74, 6) is -0.762. The van der Waals surface area contributed by atoms with Crippen LogP contribution in [0.3, 0.4) is 0 Å². The first-order chi connectivity index (χ1) is 20.2. The Bertz CT molecular complexity index is 1810. The number of aromatic nitrogens is 5. The molecular weight excluding hydrogens is 678 g/mol. The summed E-state index contributed by atoms with van der Waals surface area (Å²) in [6.45, 7) is 7.08. The first kappa shape index (κ1) is 29.1. The van der Waals surface area contributed by atoms with Gasteiger partial charge < -0.3 is 0 Å². The summed E-state index contributed by atoms with van der Waals surface area (Å²) in [6, 6.07) is 2.97. The number of aryl methyl sites for hydroxylation is 2. The molecule has 0 aliphatic carbocycles. The molecule has 43 heavy (non-hydrogen) atoms. The molecule has 3 aromatic heterocycles. The standard InChI is InChI=1S/C29H26F3IN7O3/c1-14-5-17(18-8-35-16(3)36-9-18)6-19-20(15(2)41)12-39(25(14)19)13-24(42)40-21(7-28(4)27(40)33-28)26(43)38-23-11-34-10-22(37-23)29(30,31)32/h5-6,8-12,21,27H,7,13H2,1-4H3,(H,37,38,43)/q-1/t21-,27-,28+/m0/s1. The van der Waals surface area contributed by atoms with Crippen LogP contribution in [0, 0.1) is 13.8 Å². The van der Waals surface area contributed by atoms with Crippen LogP contribution in [0.25, 0.3) is 22.0 Å². The van der Waals surface area contributed by atoms with Crippen molar-refractivity contribution in [2.45, 2.75) is 60.3 Å². The summed E-state index contributed by atoms with van der Waals surface area (Å²) in [5.41, 5.74) is 2.44. The number of anilines is 1. The molecule has 2 fully saturated rings. The van der Waals surface area contributed by atoms with E-state index in [1.807, 2.05) is 26.0 Å². The van der Waals surface area contributed by atoms with Crippen LogP contribution in [0.4, 0.5) is 19.0 Å². The summed E-state index contributed by atoms with van der Waals surface area (Å²) in [6.07, 6.45) is 2.43. The van der Waals surface area contributed by atoms with Crippen molar-refractivity contribution < 1.29 is 48.8 Å². The topological polar surface area (TPSA) is 123 Å². The van der Waals surface area contributed by atoms with E-state index in [0.717, 1.165) is 28.4 Å². The van der Waals surface area contributed by atoms with Crippen molar-refractivity contribution in [1.29, 1.82) is 0 Å². The summed E-state index contributed by atoms with van der Waals surface area (Å²) < 4.78 is 40.8. The van der Waals surface area contributed by atoms with Gasteiger partial charge in [-0.1, -0.05) is 0 Å². The zero-order chi connectivity index (χ0) is 30.8. The molecule has 2 aliphatic rings. The number of carbonyl (C=O) groups is 3. The molecule has 3 atom stereocenters. The van der Waals surface area contributed by atoms with Gasteiger partial charge in [-0.15, -0.1) is 0 Å². The minimum atomic E-state index is -4.71. The summed E-state index contributed by atoms with van der Waals surface area (Å²) in [4.78, 5) is 57.0. The van der Waals surface area contributed by atoms with Crippen molar-refractivity contribution in [2.75, 3.05) is 5.32 Å². The van der Waals surface area contributed by atoms with Gasteiger partial charge in [0.1, 0.15) is 5.82 Å². The molecule has 0 radical (unpaired) electrons. The monoisotopic (exact) mass is 704 g/mol. The quantitative estimate of drug-likeness (QED) is 0.138. The Morgan fingerprint density at radius 3 is 2.49 bits per heavy atom. The second-order valence-electron chi connectivity index (χ2n) is 11.0. The van der Waals surface area contributed by atoms with Crippen LogP contribution < -0.4 is 26.5 Å². The zero-order valence-electron chi connectivity index (χ0n) is 23.5. The molecule has 4 aromatic rings. The third-order valence-corrected chi connectivity index (χ3v) is 12.0. The maximum absolute atomic E-state index is 13.9. The molecule has 10 nitrogen and oxygen atoms in total. The van der Waals surface area contributed by atoms with Crippen LogP contribution in [-0.2, 0) is 22.3 Å². The van der Waals surface area contributed by atoms with Gasteiger partial charge in [-0.05, 0) is 6.92 Å². The van der Waals surface area contributed by atoms with Gasteiger partial charge in [-0.3, -0.25) is 0 Å². The molecule has 1 N–H and O–H groups in total. The number of rotatable bonds is 6. The van der Waals surface area contributed by atoms with E-state index in [9.17, 15) is 27.6 Å². The van der Waals surface area contributed by atoms with Crippen LogP contribution in [0.2, 0.25) is 0 Å². The van der Waals surface area contributed by atoms with Crippen LogP contribution in [0.5, 0.6) is 0 Å². The molecule has 14 heteroatoms. The molecule has 1 aromatic carbocycles. The molecule has 0 unspecified atom stereocenters. The van der Waals surface area contributed by atoms with Gasteiger partial charge in [0.15, 0.2) is 0 Å². The normalized spacial score (nSPS) is 21.3. The van der Waals surface area contributed by atoms with E-state index in [2.05, 4.69) is 25.3 Å². The van der Waals surface area contributed by atoms with Crippen LogP contribution >= 0.6 is 0 Å². The molecule has 2 aliphatic heterocycles. The average Bonchev–Trinajstić information content (AvgIpc) is 3.29. The van der Waals surface area contributed by atoms with E-state index in [0.29, 0.717) is 29.4 Å². The second-order valence-corrected chi connectivity index (χ2v) is 15.2. The first-order valence-corrected chi connectivity index (χ1v) is 15.7. The SMILES string of the molecule is CC(=O)c1cn(CC(=O)N2[C@H](C(=O)Nc3cncc(C(F)(F)F)n3)C[C@@]3(C)[I-][C@@H]23)c2c(C)cc(-c3cnc(C)nc3)cc12. The number of carbonyl (C=O) groups excluding carboxylic acids is 3. The Morgan fingerprint density at radius 1 is 1.09 bits per heavy atom. The van der Waals surface area contributed by atoms with Gasteiger partial charge in [0.2, 0.25) is 0 Å². The fourth-order valence-corrected chi connectivity index (χ4v) is 9.00. The van der Waals surface area contributed by atoms with E-state index in [1.165, 1.54) is 6.92 Å². The number of benzene rings is 1. The number of fused-ring (bicyclic) bond motifs is 2. The molecule has 6 rings (SSSR count). The van der Waals surface area contributed by atoms with E-state index in [-0.39, 0.29) is 52.7 Å². The van der Waals surface area contributed by atoms with E-state index in [1.54, 1.807) is 35.0 Å². The molecule has 2 saturated heterocycles. The van der Waals surface area contributed by atoms with Gasteiger partial charge in [-0.25, -0.2) is 0 Å². The third kappa shape index (κ3) is 5.36. The van der Waals surface area contributed by atoms with Gasteiger partial charge in [0, 0.05) is 0 Å². The number of ketones is 1. The molecule has 224 valence electrons. The number of alkyl halides is 5. The number of likely N-dealkylation sites (tertiary alicyclic amines) is 1. The fourth-order valence-electron chi connectivity index (χ4n) is 5.61. The van der Waals surface area contributed by atoms with Gasteiger partial charge in [-0.2, -0.15) is 0 Å². The Morgan fingerprint density at radius 2 is 1.81 bits per heavy atom. The van der Waals surface area contributed by atoms with E-state index >= 15 is 0 Å². The van der Waals surface area contributed by atoms with Gasteiger partial charge in [0.05, 0.1) is 0 Å². The summed E-state index contributed by atoms with van der Waals surface area (Å²) in [5, 5.41) is 3.12. The number of halogens is 4. The Kier molecular flexibility index (Phi) is 7.01. The Hall–Kier alpha value is -3.95. The van der Waals surface area contributed by atoms with Gasteiger partial charge in [0.25, 0.3) is 0 Å². The van der Waals surface area contributed by atoms with E-state index in [4.69, 9.17) is 0 Å². The van der Waals surface area contributed by atoms with Crippen LogP contribution in [0.15, 0.2) is 43.1 Å². The molecule has 0 saturated carbocycles. The van der Waals surface area contributed by atoms with E-state index < -0.39 is 23.8 Å². The number of nitrogens with one attached hydrogen (secondary N) is 1. The number of amides is 2. The van der Waals surface area contributed by atoms with Crippen molar-refractivity contribution in [3.8, 4) is 11.1 Å². The Labute approximate surface area is 254 Å².